The third-order valence-corrected chi connectivity index (χ3v) is 5.36. The van der Waals surface area contributed by atoms with Crippen molar-refractivity contribution >= 4 is 52.0 Å². The summed E-state index contributed by atoms with van der Waals surface area (Å²) in [7, 11) is 1.69. The maximum atomic E-state index is 5.29. The van der Waals surface area contributed by atoms with E-state index in [2.05, 4.69) is 53.7 Å². The second-order valence-electron chi connectivity index (χ2n) is 6.34. The summed E-state index contributed by atoms with van der Waals surface area (Å²) < 4.78 is 5.29. The fourth-order valence-electron chi connectivity index (χ4n) is 2.91. The maximum Gasteiger partial charge on any atom is 0.191 e. The van der Waals surface area contributed by atoms with E-state index in [0.29, 0.717) is 6.54 Å². The van der Waals surface area contributed by atoms with E-state index in [1.165, 1.54) is 21.2 Å². The van der Waals surface area contributed by atoms with Gasteiger partial charge in [0.15, 0.2) is 5.96 Å². The van der Waals surface area contributed by atoms with Gasteiger partial charge in [-0.1, -0.05) is 18.2 Å². The van der Waals surface area contributed by atoms with Crippen molar-refractivity contribution in [3.63, 3.8) is 0 Å². The van der Waals surface area contributed by atoms with Gasteiger partial charge in [0, 0.05) is 11.4 Å². The van der Waals surface area contributed by atoms with Crippen LogP contribution in [-0.2, 0) is 13.1 Å². The van der Waals surface area contributed by atoms with E-state index in [4.69, 9.17) is 9.73 Å². The molecule has 0 saturated carbocycles. The van der Waals surface area contributed by atoms with Gasteiger partial charge in [-0.25, -0.2) is 9.98 Å². The number of aryl methyl sites for hydroxylation is 2. The van der Waals surface area contributed by atoms with E-state index >= 15 is 0 Å². The zero-order valence-electron chi connectivity index (χ0n) is 16.7. The average molecular weight is 510 g/mol. The Kier molecular flexibility index (Phi) is 8.50. The van der Waals surface area contributed by atoms with Gasteiger partial charge in [0.1, 0.15) is 5.75 Å². The molecule has 0 atom stereocenters. The number of methoxy groups -OCH3 is 1. The SMILES string of the molecule is CCNC(=NCc1ccc2cc(OC)ccc2c1)NCc1sc(C)nc1C.I. The highest BCUT2D eigenvalue weighted by atomic mass is 127. The summed E-state index contributed by atoms with van der Waals surface area (Å²) in [6, 6.07) is 12.5. The number of ether oxygens (including phenoxy) is 1. The number of fused-ring (bicyclic) bond motifs is 1. The number of rotatable bonds is 6. The van der Waals surface area contributed by atoms with Gasteiger partial charge in [0.2, 0.25) is 0 Å². The molecule has 0 bridgehead atoms. The van der Waals surface area contributed by atoms with Gasteiger partial charge in [-0.3, -0.25) is 0 Å². The largest absolute Gasteiger partial charge is 0.497 e. The summed E-state index contributed by atoms with van der Waals surface area (Å²) in [5, 5.41) is 10.2. The molecular formula is C21H27IN4OS. The zero-order valence-corrected chi connectivity index (χ0v) is 19.9. The number of halogens is 1. The Morgan fingerprint density at radius 1 is 1.11 bits per heavy atom. The van der Waals surface area contributed by atoms with Crippen molar-refractivity contribution < 1.29 is 4.74 Å². The number of hydrogen-bond acceptors (Lipinski definition) is 4. The van der Waals surface area contributed by atoms with Gasteiger partial charge >= 0.3 is 0 Å². The summed E-state index contributed by atoms with van der Waals surface area (Å²) in [5.74, 6) is 1.69. The first kappa shape index (κ1) is 22.4. The third kappa shape index (κ3) is 5.81. The molecule has 0 saturated heterocycles. The van der Waals surface area contributed by atoms with Crippen molar-refractivity contribution in [2.45, 2.75) is 33.9 Å². The van der Waals surface area contributed by atoms with Gasteiger partial charge in [0.25, 0.3) is 0 Å². The van der Waals surface area contributed by atoms with Crippen LogP contribution in [-0.4, -0.2) is 24.6 Å². The number of hydrogen-bond donors (Lipinski definition) is 2. The lowest BCUT2D eigenvalue weighted by Gasteiger charge is -2.11. The molecule has 1 aromatic heterocycles. The zero-order chi connectivity index (χ0) is 19.2. The molecule has 0 spiro atoms. The van der Waals surface area contributed by atoms with Crippen molar-refractivity contribution in [1.82, 2.24) is 15.6 Å². The Morgan fingerprint density at radius 3 is 2.54 bits per heavy atom. The second kappa shape index (κ2) is 10.6. The van der Waals surface area contributed by atoms with E-state index in [9.17, 15) is 0 Å². The smallest absolute Gasteiger partial charge is 0.191 e. The van der Waals surface area contributed by atoms with Crippen molar-refractivity contribution in [3.8, 4) is 5.75 Å². The fraction of sp³-hybridized carbons (Fsp3) is 0.333. The Morgan fingerprint density at radius 2 is 1.86 bits per heavy atom. The van der Waals surface area contributed by atoms with Crippen molar-refractivity contribution in [1.29, 1.82) is 0 Å². The van der Waals surface area contributed by atoms with Gasteiger partial charge in [-0.05, 0) is 55.3 Å². The molecule has 150 valence electrons. The van der Waals surface area contributed by atoms with Crippen LogP contribution in [0.4, 0.5) is 0 Å². The monoisotopic (exact) mass is 510 g/mol. The van der Waals surface area contributed by atoms with Crippen LogP contribution >= 0.6 is 35.3 Å². The van der Waals surface area contributed by atoms with Crippen LogP contribution in [0.1, 0.15) is 28.1 Å². The Labute approximate surface area is 187 Å². The van der Waals surface area contributed by atoms with Crippen LogP contribution in [0.5, 0.6) is 5.75 Å². The van der Waals surface area contributed by atoms with E-state index in [-0.39, 0.29) is 24.0 Å². The quantitative estimate of drug-likeness (QED) is 0.284. The molecule has 2 N–H and O–H groups in total. The minimum Gasteiger partial charge on any atom is -0.497 e. The highest BCUT2D eigenvalue weighted by Crippen LogP contribution is 2.22. The fourth-order valence-corrected chi connectivity index (χ4v) is 3.79. The van der Waals surface area contributed by atoms with Crippen LogP contribution in [0.3, 0.4) is 0 Å². The Bertz CT molecular complexity index is 955. The van der Waals surface area contributed by atoms with E-state index in [0.717, 1.165) is 35.5 Å². The molecule has 7 heteroatoms. The first-order valence-electron chi connectivity index (χ1n) is 9.11. The molecule has 0 aliphatic rings. The first-order chi connectivity index (χ1) is 13.1. The summed E-state index contributed by atoms with van der Waals surface area (Å²) in [6.07, 6.45) is 0. The lowest BCUT2D eigenvalue weighted by atomic mass is 10.1. The molecule has 1 heterocycles. The molecule has 2 aromatic carbocycles. The van der Waals surface area contributed by atoms with Crippen LogP contribution in [0.2, 0.25) is 0 Å². The van der Waals surface area contributed by atoms with Crippen LogP contribution in [0, 0.1) is 13.8 Å². The molecule has 3 aromatic rings. The number of thiazole rings is 1. The Hall–Kier alpha value is -1.87. The minimum atomic E-state index is 0. The third-order valence-electron chi connectivity index (χ3n) is 4.29. The first-order valence-corrected chi connectivity index (χ1v) is 9.92. The predicted molar refractivity (Wildman–Crippen MR) is 129 cm³/mol. The molecular weight excluding hydrogens is 483 g/mol. The average Bonchev–Trinajstić information content (AvgIpc) is 3.00. The van der Waals surface area contributed by atoms with E-state index < -0.39 is 0 Å². The van der Waals surface area contributed by atoms with Crippen LogP contribution < -0.4 is 15.4 Å². The Balaban J connectivity index is 0.00000280. The number of nitrogens with one attached hydrogen (secondary N) is 2. The van der Waals surface area contributed by atoms with Crippen molar-refractivity contribution in [2.24, 2.45) is 4.99 Å². The lowest BCUT2D eigenvalue weighted by Crippen LogP contribution is -2.36. The lowest BCUT2D eigenvalue weighted by molar-refractivity contribution is 0.415. The summed E-state index contributed by atoms with van der Waals surface area (Å²) in [6.45, 7) is 8.34. The molecule has 0 aliphatic carbocycles. The van der Waals surface area contributed by atoms with Gasteiger partial charge < -0.3 is 15.4 Å². The standard InChI is InChI=1S/C21H26N4OS.HI/c1-5-22-21(24-13-20-14(2)25-15(3)27-20)23-12-16-6-7-18-11-19(26-4)9-8-17(18)10-16;/h6-11H,5,12-13H2,1-4H3,(H2,22,23,24);1H. The number of benzene rings is 2. The molecule has 3 rings (SSSR count). The molecule has 0 radical (unpaired) electrons. The molecule has 28 heavy (non-hydrogen) atoms. The summed E-state index contributed by atoms with van der Waals surface area (Å²) in [4.78, 5) is 10.5. The summed E-state index contributed by atoms with van der Waals surface area (Å²) >= 11 is 1.73. The molecule has 5 nitrogen and oxygen atoms in total. The van der Waals surface area contributed by atoms with E-state index in [1.807, 2.05) is 19.1 Å². The highest BCUT2D eigenvalue weighted by Gasteiger charge is 2.06. The number of guanidine groups is 1. The van der Waals surface area contributed by atoms with Gasteiger partial charge in [-0.2, -0.15) is 0 Å². The van der Waals surface area contributed by atoms with E-state index in [1.54, 1.807) is 18.4 Å². The number of aliphatic imine (C=N–C) groups is 1. The molecule has 0 aliphatic heterocycles. The molecule has 0 amide bonds. The number of aromatic nitrogens is 1. The van der Waals surface area contributed by atoms with Gasteiger partial charge in [-0.15, -0.1) is 35.3 Å². The second-order valence-corrected chi connectivity index (χ2v) is 7.63. The topological polar surface area (TPSA) is 58.5 Å². The van der Waals surface area contributed by atoms with Crippen molar-refractivity contribution in [2.75, 3.05) is 13.7 Å². The normalized spacial score (nSPS) is 11.2. The maximum absolute atomic E-state index is 5.29. The van der Waals surface area contributed by atoms with Gasteiger partial charge in [0.05, 0.1) is 30.9 Å². The van der Waals surface area contributed by atoms with Crippen LogP contribution in [0.15, 0.2) is 41.4 Å². The predicted octanol–water partition coefficient (Wildman–Crippen LogP) is 4.80. The highest BCUT2D eigenvalue weighted by molar-refractivity contribution is 14.0. The minimum absolute atomic E-state index is 0. The number of nitrogens with zero attached hydrogens (tertiary/aromatic N) is 2. The molecule has 0 fully saturated rings. The summed E-state index contributed by atoms with van der Waals surface area (Å²) in [5.41, 5.74) is 2.26. The van der Waals surface area contributed by atoms with Crippen molar-refractivity contribution in [3.05, 3.63) is 57.5 Å². The van der Waals surface area contributed by atoms with Crippen LogP contribution in [0.25, 0.3) is 10.8 Å². The molecule has 0 unspecified atom stereocenters.